The number of aromatic nitrogens is 1. The molecule has 3 heteroatoms. The second-order valence-corrected chi connectivity index (χ2v) is 5.19. The topological polar surface area (TPSA) is 48.1 Å². The van der Waals surface area contributed by atoms with Gasteiger partial charge in [-0.2, -0.15) is 0 Å². The van der Waals surface area contributed by atoms with Gasteiger partial charge in [-0.1, -0.05) is 18.2 Å². The van der Waals surface area contributed by atoms with E-state index in [-0.39, 0.29) is 5.54 Å². The van der Waals surface area contributed by atoms with Crippen LogP contribution in [0.4, 0.5) is 0 Å². The van der Waals surface area contributed by atoms with Gasteiger partial charge in [0.15, 0.2) is 0 Å². The van der Waals surface area contributed by atoms with E-state index >= 15 is 0 Å². The Morgan fingerprint density at radius 1 is 1.22 bits per heavy atom. The Balaban J connectivity index is 1.85. The number of benzene rings is 1. The van der Waals surface area contributed by atoms with Gasteiger partial charge in [0.25, 0.3) is 0 Å². The van der Waals surface area contributed by atoms with Crippen molar-refractivity contribution < 1.29 is 4.74 Å². The van der Waals surface area contributed by atoms with Crippen molar-refractivity contribution in [3.8, 4) is 0 Å². The summed E-state index contributed by atoms with van der Waals surface area (Å²) in [7, 11) is 0. The molecule has 1 aliphatic rings. The molecular weight excluding hydrogens is 224 g/mol. The second-order valence-electron chi connectivity index (χ2n) is 5.19. The fourth-order valence-electron chi connectivity index (χ4n) is 2.57. The predicted octanol–water partition coefficient (Wildman–Crippen LogP) is 2.29. The molecule has 3 nitrogen and oxygen atoms in total. The molecule has 3 rings (SSSR count). The normalized spacial score (nSPS) is 18.9. The van der Waals surface area contributed by atoms with Crippen molar-refractivity contribution in [2.75, 3.05) is 13.2 Å². The number of hydrogen-bond acceptors (Lipinski definition) is 3. The summed E-state index contributed by atoms with van der Waals surface area (Å²) in [6.45, 7) is 1.55. The van der Waals surface area contributed by atoms with E-state index in [0.29, 0.717) is 0 Å². The van der Waals surface area contributed by atoms with E-state index in [2.05, 4.69) is 17.1 Å². The lowest BCUT2D eigenvalue weighted by molar-refractivity contribution is 0.0533. The average Bonchev–Trinajstić information content (AvgIpc) is 2.39. The minimum atomic E-state index is -0.123. The van der Waals surface area contributed by atoms with Crippen molar-refractivity contribution in [1.82, 2.24) is 4.98 Å². The molecule has 1 aliphatic heterocycles. The van der Waals surface area contributed by atoms with E-state index in [9.17, 15) is 0 Å². The molecule has 1 fully saturated rings. The molecule has 0 atom stereocenters. The highest BCUT2D eigenvalue weighted by Gasteiger charge is 2.28. The molecule has 0 radical (unpaired) electrons. The van der Waals surface area contributed by atoms with E-state index < -0.39 is 0 Å². The van der Waals surface area contributed by atoms with Crippen molar-refractivity contribution in [3.63, 3.8) is 0 Å². The van der Waals surface area contributed by atoms with Crippen molar-refractivity contribution in [1.29, 1.82) is 0 Å². The van der Waals surface area contributed by atoms with Gasteiger partial charge in [-0.3, -0.25) is 4.98 Å². The number of nitrogens with zero attached hydrogens (tertiary/aromatic N) is 1. The van der Waals surface area contributed by atoms with Crippen LogP contribution in [0.3, 0.4) is 0 Å². The maximum atomic E-state index is 6.43. The first-order chi connectivity index (χ1) is 8.75. The van der Waals surface area contributed by atoms with E-state index in [1.807, 2.05) is 24.4 Å². The molecule has 0 unspecified atom stereocenters. The molecule has 18 heavy (non-hydrogen) atoms. The molecule has 2 N–H and O–H groups in total. The van der Waals surface area contributed by atoms with Gasteiger partial charge in [0.1, 0.15) is 0 Å². The summed E-state index contributed by atoms with van der Waals surface area (Å²) in [6, 6.07) is 10.4. The van der Waals surface area contributed by atoms with Gasteiger partial charge in [0.2, 0.25) is 0 Å². The lowest BCUT2D eigenvalue weighted by Crippen LogP contribution is -2.46. The molecule has 1 saturated heterocycles. The number of nitrogens with two attached hydrogens (primary N) is 1. The third-order valence-corrected chi connectivity index (χ3v) is 3.69. The van der Waals surface area contributed by atoms with Crippen molar-refractivity contribution in [2.45, 2.75) is 24.8 Å². The first-order valence-electron chi connectivity index (χ1n) is 6.46. The summed E-state index contributed by atoms with van der Waals surface area (Å²) < 4.78 is 5.38. The predicted molar refractivity (Wildman–Crippen MR) is 72.4 cm³/mol. The number of hydrogen-bond donors (Lipinski definition) is 1. The smallest absolute Gasteiger partial charge is 0.0702 e. The van der Waals surface area contributed by atoms with E-state index in [1.54, 1.807) is 0 Å². The van der Waals surface area contributed by atoms with Crippen molar-refractivity contribution in [3.05, 3.63) is 42.1 Å². The Bertz CT molecular complexity index is 547. The van der Waals surface area contributed by atoms with Gasteiger partial charge in [-0.25, -0.2) is 0 Å². The van der Waals surface area contributed by atoms with E-state index in [0.717, 1.165) is 38.0 Å². The first kappa shape index (κ1) is 11.6. The fourth-order valence-corrected chi connectivity index (χ4v) is 2.57. The Hall–Kier alpha value is -1.45. The molecule has 0 bridgehead atoms. The number of pyridine rings is 1. The van der Waals surface area contributed by atoms with Gasteiger partial charge < -0.3 is 10.5 Å². The zero-order valence-electron chi connectivity index (χ0n) is 10.4. The van der Waals surface area contributed by atoms with Gasteiger partial charge in [0.05, 0.1) is 5.52 Å². The average molecular weight is 242 g/mol. The Labute approximate surface area is 107 Å². The third-order valence-electron chi connectivity index (χ3n) is 3.69. The number of ether oxygens (including phenoxy) is 1. The summed E-state index contributed by atoms with van der Waals surface area (Å²) in [4.78, 5) is 4.49. The SMILES string of the molecule is NC1(Cc2cnc3ccccc3c2)CCOCC1. The zero-order chi connectivity index (χ0) is 12.4. The second kappa shape index (κ2) is 4.67. The number of rotatable bonds is 2. The summed E-state index contributed by atoms with van der Waals surface area (Å²) in [5, 5.41) is 1.19. The third kappa shape index (κ3) is 2.37. The Kier molecular flexibility index (Phi) is 3.02. The standard InChI is InChI=1S/C15H18N2O/c16-15(5-7-18-8-6-15)10-12-9-13-3-1-2-4-14(13)17-11-12/h1-4,9,11H,5-8,10,16H2. The van der Waals surface area contributed by atoms with Crippen LogP contribution in [0.1, 0.15) is 18.4 Å². The molecule has 0 amide bonds. The van der Waals surface area contributed by atoms with Crippen LogP contribution in [0, 0.1) is 0 Å². The summed E-state index contributed by atoms with van der Waals surface area (Å²) in [5.41, 5.74) is 8.57. The molecule has 0 spiro atoms. The summed E-state index contributed by atoms with van der Waals surface area (Å²) in [5.74, 6) is 0. The number of para-hydroxylation sites is 1. The highest BCUT2D eigenvalue weighted by molar-refractivity contribution is 5.78. The number of fused-ring (bicyclic) bond motifs is 1. The maximum absolute atomic E-state index is 6.43. The fraction of sp³-hybridized carbons (Fsp3) is 0.400. The molecule has 0 aliphatic carbocycles. The monoisotopic (exact) mass is 242 g/mol. The highest BCUT2D eigenvalue weighted by atomic mass is 16.5. The summed E-state index contributed by atoms with van der Waals surface area (Å²) >= 11 is 0. The molecule has 1 aromatic carbocycles. The minimum absolute atomic E-state index is 0.123. The van der Waals surface area contributed by atoms with Crippen LogP contribution in [0.15, 0.2) is 36.5 Å². The molecule has 94 valence electrons. The van der Waals surface area contributed by atoms with Crippen LogP contribution >= 0.6 is 0 Å². The van der Waals surface area contributed by atoms with E-state index in [4.69, 9.17) is 10.5 Å². The van der Waals surface area contributed by atoms with Crippen molar-refractivity contribution >= 4 is 10.9 Å². The molecule has 0 saturated carbocycles. The van der Waals surface area contributed by atoms with E-state index in [1.165, 1.54) is 10.9 Å². The molecular formula is C15H18N2O. The van der Waals surface area contributed by atoms with Crippen LogP contribution in [-0.2, 0) is 11.2 Å². The lowest BCUT2D eigenvalue weighted by Gasteiger charge is -2.33. The Morgan fingerprint density at radius 2 is 2.00 bits per heavy atom. The Morgan fingerprint density at radius 3 is 2.83 bits per heavy atom. The van der Waals surface area contributed by atoms with Gasteiger partial charge in [0, 0.05) is 30.3 Å². The van der Waals surface area contributed by atoms with Crippen LogP contribution in [0.5, 0.6) is 0 Å². The molecule has 2 heterocycles. The lowest BCUT2D eigenvalue weighted by atomic mass is 9.85. The zero-order valence-corrected chi connectivity index (χ0v) is 10.4. The van der Waals surface area contributed by atoms with Crippen LogP contribution in [0.2, 0.25) is 0 Å². The highest BCUT2D eigenvalue weighted by Crippen LogP contribution is 2.23. The van der Waals surface area contributed by atoms with Gasteiger partial charge >= 0.3 is 0 Å². The van der Waals surface area contributed by atoms with Crippen LogP contribution < -0.4 is 5.73 Å². The van der Waals surface area contributed by atoms with Gasteiger partial charge in [-0.15, -0.1) is 0 Å². The summed E-state index contributed by atoms with van der Waals surface area (Å²) in [6.07, 6.45) is 4.69. The quantitative estimate of drug-likeness (QED) is 0.879. The minimum Gasteiger partial charge on any atom is -0.381 e. The van der Waals surface area contributed by atoms with Crippen LogP contribution in [-0.4, -0.2) is 23.7 Å². The molecule has 2 aromatic rings. The van der Waals surface area contributed by atoms with Crippen molar-refractivity contribution in [2.24, 2.45) is 5.73 Å². The van der Waals surface area contributed by atoms with Gasteiger partial charge in [-0.05, 0) is 37.0 Å². The van der Waals surface area contributed by atoms with Crippen LogP contribution in [0.25, 0.3) is 10.9 Å². The molecule has 1 aromatic heterocycles. The first-order valence-corrected chi connectivity index (χ1v) is 6.46. The maximum Gasteiger partial charge on any atom is 0.0702 e. The largest absolute Gasteiger partial charge is 0.381 e.